The molecule has 1 heterocycles. The van der Waals surface area contributed by atoms with E-state index in [9.17, 15) is 0 Å². The van der Waals surface area contributed by atoms with E-state index in [1.807, 2.05) is 18.2 Å². The highest BCUT2D eigenvalue weighted by Gasteiger charge is 2.25. The van der Waals surface area contributed by atoms with Crippen LogP contribution in [0.5, 0.6) is 11.5 Å². The highest BCUT2D eigenvalue weighted by molar-refractivity contribution is 5.42. The van der Waals surface area contributed by atoms with Crippen molar-refractivity contribution < 1.29 is 14.2 Å². The zero-order valence-electron chi connectivity index (χ0n) is 13.2. The third kappa shape index (κ3) is 4.09. The number of nitrogens with two attached hydrogens (primary N) is 1. The van der Waals surface area contributed by atoms with E-state index in [0.29, 0.717) is 5.92 Å². The summed E-state index contributed by atoms with van der Waals surface area (Å²) in [4.78, 5) is 2.40. The van der Waals surface area contributed by atoms with Crippen LogP contribution < -0.4 is 15.2 Å². The van der Waals surface area contributed by atoms with E-state index in [0.717, 1.165) is 43.3 Å². The molecule has 5 heteroatoms. The second-order valence-corrected chi connectivity index (χ2v) is 5.58. The maximum absolute atomic E-state index is 6.37. The molecule has 0 bridgehead atoms. The predicted molar refractivity (Wildman–Crippen MR) is 82.9 cm³/mol. The summed E-state index contributed by atoms with van der Waals surface area (Å²) in [5, 5.41) is 0. The molecule has 21 heavy (non-hydrogen) atoms. The lowest BCUT2D eigenvalue weighted by atomic mass is 10.1. The number of benzene rings is 1. The van der Waals surface area contributed by atoms with Crippen LogP contribution in [0.15, 0.2) is 18.2 Å². The van der Waals surface area contributed by atoms with Crippen molar-refractivity contribution in [3.8, 4) is 11.5 Å². The van der Waals surface area contributed by atoms with Gasteiger partial charge in [0.05, 0.1) is 20.8 Å². The van der Waals surface area contributed by atoms with Crippen molar-refractivity contribution in [1.29, 1.82) is 0 Å². The fraction of sp³-hybridized carbons (Fsp3) is 0.625. The third-order valence-electron chi connectivity index (χ3n) is 4.07. The smallest absolute Gasteiger partial charge is 0.127 e. The number of methoxy groups -OCH3 is 3. The molecule has 2 unspecified atom stereocenters. The lowest BCUT2D eigenvalue weighted by molar-refractivity contribution is 0.152. The average Bonchev–Trinajstić information content (AvgIpc) is 2.94. The Morgan fingerprint density at radius 3 is 2.76 bits per heavy atom. The SMILES string of the molecule is COCC1CCN(CC(N)c2ccc(OC)cc2OC)C1. The Hall–Kier alpha value is -1.30. The van der Waals surface area contributed by atoms with Crippen LogP contribution in [0.1, 0.15) is 18.0 Å². The molecule has 1 saturated heterocycles. The molecule has 0 radical (unpaired) electrons. The van der Waals surface area contributed by atoms with E-state index < -0.39 is 0 Å². The van der Waals surface area contributed by atoms with E-state index in [2.05, 4.69) is 4.90 Å². The molecule has 1 fully saturated rings. The molecule has 1 aromatic carbocycles. The van der Waals surface area contributed by atoms with E-state index in [1.165, 1.54) is 6.42 Å². The Bertz CT molecular complexity index is 453. The molecule has 0 aliphatic carbocycles. The molecule has 1 aromatic rings. The second-order valence-electron chi connectivity index (χ2n) is 5.58. The van der Waals surface area contributed by atoms with Crippen molar-refractivity contribution in [3.63, 3.8) is 0 Å². The van der Waals surface area contributed by atoms with Crippen molar-refractivity contribution in [3.05, 3.63) is 23.8 Å². The molecule has 2 atom stereocenters. The van der Waals surface area contributed by atoms with Crippen LogP contribution in [0.2, 0.25) is 0 Å². The van der Waals surface area contributed by atoms with E-state index in [4.69, 9.17) is 19.9 Å². The van der Waals surface area contributed by atoms with Gasteiger partial charge in [-0.2, -0.15) is 0 Å². The lowest BCUT2D eigenvalue weighted by Gasteiger charge is -2.22. The summed E-state index contributed by atoms with van der Waals surface area (Å²) in [5.41, 5.74) is 7.39. The molecule has 2 rings (SSSR count). The number of likely N-dealkylation sites (tertiary alicyclic amines) is 1. The van der Waals surface area contributed by atoms with Crippen LogP contribution in [0.25, 0.3) is 0 Å². The van der Waals surface area contributed by atoms with Gasteiger partial charge in [-0.3, -0.25) is 0 Å². The Morgan fingerprint density at radius 1 is 1.29 bits per heavy atom. The topological polar surface area (TPSA) is 57.0 Å². The van der Waals surface area contributed by atoms with Crippen LogP contribution >= 0.6 is 0 Å². The van der Waals surface area contributed by atoms with Gasteiger partial charge in [0.1, 0.15) is 11.5 Å². The maximum Gasteiger partial charge on any atom is 0.127 e. The zero-order chi connectivity index (χ0) is 15.2. The molecule has 0 saturated carbocycles. The van der Waals surface area contributed by atoms with Crippen LogP contribution in [0, 0.1) is 5.92 Å². The number of nitrogens with zero attached hydrogens (tertiary/aromatic N) is 1. The van der Waals surface area contributed by atoms with E-state index >= 15 is 0 Å². The first kappa shape index (κ1) is 16.1. The summed E-state index contributed by atoms with van der Waals surface area (Å²) in [6.45, 7) is 3.81. The van der Waals surface area contributed by atoms with Crippen molar-refractivity contribution in [2.75, 3.05) is 47.6 Å². The summed E-state index contributed by atoms with van der Waals surface area (Å²) in [6, 6.07) is 5.74. The molecular weight excluding hydrogens is 268 g/mol. The molecule has 0 amide bonds. The molecule has 2 N–H and O–H groups in total. The van der Waals surface area contributed by atoms with E-state index in [-0.39, 0.29) is 6.04 Å². The largest absolute Gasteiger partial charge is 0.497 e. The van der Waals surface area contributed by atoms with Crippen LogP contribution in [0.4, 0.5) is 0 Å². The minimum absolute atomic E-state index is 0.0628. The van der Waals surface area contributed by atoms with Crippen LogP contribution in [-0.2, 0) is 4.74 Å². The van der Waals surface area contributed by atoms with Gasteiger partial charge in [0.2, 0.25) is 0 Å². The fourth-order valence-corrected chi connectivity index (χ4v) is 2.95. The minimum Gasteiger partial charge on any atom is -0.497 e. The van der Waals surface area contributed by atoms with Gasteiger partial charge in [0.25, 0.3) is 0 Å². The van der Waals surface area contributed by atoms with Crippen LogP contribution in [-0.4, -0.2) is 52.5 Å². The van der Waals surface area contributed by atoms with Gasteiger partial charge in [-0.15, -0.1) is 0 Å². The second kappa shape index (κ2) is 7.64. The first-order chi connectivity index (χ1) is 10.2. The van der Waals surface area contributed by atoms with Crippen molar-refractivity contribution in [2.45, 2.75) is 12.5 Å². The zero-order valence-corrected chi connectivity index (χ0v) is 13.2. The molecule has 0 aromatic heterocycles. The van der Waals surface area contributed by atoms with Gasteiger partial charge in [0.15, 0.2) is 0 Å². The Kier molecular flexibility index (Phi) is 5.85. The third-order valence-corrected chi connectivity index (χ3v) is 4.07. The molecule has 118 valence electrons. The van der Waals surface area contributed by atoms with Gasteiger partial charge >= 0.3 is 0 Å². The van der Waals surface area contributed by atoms with Crippen molar-refractivity contribution in [2.24, 2.45) is 11.7 Å². The Morgan fingerprint density at radius 2 is 2.10 bits per heavy atom. The summed E-state index contributed by atoms with van der Waals surface area (Å²) < 4.78 is 15.9. The first-order valence-corrected chi connectivity index (χ1v) is 7.36. The summed E-state index contributed by atoms with van der Waals surface area (Å²) in [5.74, 6) is 2.19. The van der Waals surface area contributed by atoms with Gasteiger partial charge in [0, 0.05) is 37.9 Å². The van der Waals surface area contributed by atoms with Crippen molar-refractivity contribution >= 4 is 0 Å². The quantitative estimate of drug-likeness (QED) is 0.829. The number of hydrogen-bond donors (Lipinski definition) is 1. The maximum atomic E-state index is 6.37. The van der Waals surface area contributed by atoms with Gasteiger partial charge < -0.3 is 24.8 Å². The fourth-order valence-electron chi connectivity index (χ4n) is 2.95. The molecule has 0 spiro atoms. The Labute approximate surface area is 127 Å². The standard InChI is InChI=1S/C16H26N2O3/c1-19-11-12-6-7-18(9-12)10-15(17)14-5-4-13(20-2)8-16(14)21-3/h4-5,8,12,15H,6-7,9-11,17H2,1-3H3. The minimum atomic E-state index is -0.0628. The normalized spacial score (nSPS) is 20.5. The summed E-state index contributed by atoms with van der Waals surface area (Å²) in [6.07, 6.45) is 1.18. The summed E-state index contributed by atoms with van der Waals surface area (Å²) in [7, 11) is 5.07. The van der Waals surface area contributed by atoms with Gasteiger partial charge in [-0.1, -0.05) is 6.07 Å². The lowest BCUT2D eigenvalue weighted by Crippen LogP contribution is -2.31. The van der Waals surface area contributed by atoms with Gasteiger partial charge in [-0.25, -0.2) is 0 Å². The number of rotatable bonds is 7. The highest BCUT2D eigenvalue weighted by Crippen LogP contribution is 2.29. The number of ether oxygens (including phenoxy) is 3. The molecular formula is C16H26N2O3. The predicted octanol–water partition coefficient (Wildman–Crippen LogP) is 1.67. The van der Waals surface area contributed by atoms with Crippen LogP contribution in [0.3, 0.4) is 0 Å². The molecule has 1 aliphatic heterocycles. The molecule has 1 aliphatic rings. The highest BCUT2D eigenvalue weighted by atomic mass is 16.5. The average molecular weight is 294 g/mol. The summed E-state index contributed by atoms with van der Waals surface area (Å²) >= 11 is 0. The van der Waals surface area contributed by atoms with Crippen molar-refractivity contribution in [1.82, 2.24) is 4.90 Å². The molecule has 5 nitrogen and oxygen atoms in total. The monoisotopic (exact) mass is 294 g/mol. The Balaban J connectivity index is 1.98. The number of hydrogen-bond acceptors (Lipinski definition) is 5. The first-order valence-electron chi connectivity index (χ1n) is 7.36. The van der Waals surface area contributed by atoms with E-state index in [1.54, 1.807) is 21.3 Å². The van der Waals surface area contributed by atoms with Gasteiger partial charge in [-0.05, 0) is 24.9 Å².